The van der Waals surface area contributed by atoms with Crippen LogP contribution in [0.25, 0.3) is 0 Å². The number of hydrogen-bond acceptors (Lipinski definition) is 6. The summed E-state index contributed by atoms with van der Waals surface area (Å²) in [5.41, 5.74) is 3.45. The van der Waals surface area contributed by atoms with Crippen LogP contribution in [-0.4, -0.2) is 24.9 Å². The second-order valence-electron chi connectivity index (χ2n) is 6.41. The van der Waals surface area contributed by atoms with Crippen molar-refractivity contribution in [3.8, 4) is 0 Å². The molecule has 28 heavy (non-hydrogen) atoms. The third-order valence-corrected chi connectivity index (χ3v) is 5.25. The van der Waals surface area contributed by atoms with Gasteiger partial charge in [-0.3, -0.25) is 0 Å². The minimum Gasteiger partial charge on any atom is -0.366 e. The molecule has 0 aliphatic rings. The van der Waals surface area contributed by atoms with Gasteiger partial charge in [0.15, 0.2) is 0 Å². The standard InChI is InChI=1S/C20H23N5O2S/c1-15-4-2-3-5-17(15)14-24-19-11-13-23-20(25-19)22-12-10-16-6-8-18(9-7-16)28(21,26)27/h2-9,11,13H,10,12,14H2,1H3,(H2,21,26,27)(H2,22,23,24,25). The fraction of sp³-hybridized carbons (Fsp3) is 0.200. The molecule has 0 amide bonds. The van der Waals surface area contributed by atoms with Crippen LogP contribution >= 0.6 is 0 Å². The Morgan fingerprint density at radius 1 is 1.00 bits per heavy atom. The zero-order chi connectivity index (χ0) is 20.0. The molecule has 0 aliphatic carbocycles. The first-order valence-corrected chi connectivity index (χ1v) is 10.4. The van der Waals surface area contributed by atoms with Crippen LogP contribution in [0.1, 0.15) is 16.7 Å². The fourth-order valence-electron chi connectivity index (χ4n) is 2.70. The summed E-state index contributed by atoms with van der Waals surface area (Å²) in [5, 5.41) is 11.6. The summed E-state index contributed by atoms with van der Waals surface area (Å²) in [7, 11) is -3.66. The number of primary sulfonamides is 1. The van der Waals surface area contributed by atoms with Crippen molar-refractivity contribution in [1.29, 1.82) is 0 Å². The maximum atomic E-state index is 11.3. The van der Waals surface area contributed by atoms with E-state index in [1.807, 2.05) is 18.2 Å². The van der Waals surface area contributed by atoms with Crippen molar-refractivity contribution < 1.29 is 8.42 Å². The average Bonchev–Trinajstić information content (AvgIpc) is 2.67. The first-order chi connectivity index (χ1) is 13.4. The molecule has 0 saturated carbocycles. The molecule has 0 unspecified atom stereocenters. The number of nitrogens with two attached hydrogens (primary N) is 1. The quantitative estimate of drug-likeness (QED) is 0.539. The molecule has 8 heteroatoms. The van der Waals surface area contributed by atoms with Crippen LogP contribution in [0.5, 0.6) is 0 Å². The highest BCUT2D eigenvalue weighted by Gasteiger charge is 2.07. The van der Waals surface area contributed by atoms with E-state index in [9.17, 15) is 8.42 Å². The van der Waals surface area contributed by atoms with E-state index in [0.717, 1.165) is 11.4 Å². The molecule has 3 rings (SSSR count). The number of anilines is 2. The van der Waals surface area contributed by atoms with Gasteiger partial charge in [0.05, 0.1) is 4.90 Å². The molecule has 0 aliphatic heterocycles. The Morgan fingerprint density at radius 2 is 1.75 bits per heavy atom. The molecule has 3 aromatic rings. The molecule has 1 aromatic heterocycles. The summed E-state index contributed by atoms with van der Waals surface area (Å²) >= 11 is 0. The highest BCUT2D eigenvalue weighted by Crippen LogP contribution is 2.12. The van der Waals surface area contributed by atoms with E-state index in [1.165, 1.54) is 23.3 Å². The summed E-state index contributed by atoms with van der Waals surface area (Å²) in [4.78, 5) is 8.81. The van der Waals surface area contributed by atoms with Crippen molar-refractivity contribution in [2.24, 2.45) is 5.14 Å². The molecule has 0 radical (unpaired) electrons. The van der Waals surface area contributed by atoms with Gasteiger partial charge >= 0.3 is 0 Å². The number of aromatic nitrogens is 2. The SMILES string of the molecule is Cc1ccccc1CNc1ccnc(NCCc2ccc(S(N)(=O)=O)cc2)n1. The highest BCUT2D eigenvalue weighted by molar-refractivity contribution is 7.89. The normalized spacial score (nSPS) is 11.2. The predicted molar refractivity (Wildman–Crippen MR) is 111 cm³/mol. The Bertz CT molecular complexity index is 1040. The van der Waals surface area contributed by atoms with Crippen molar-refractivity contribution in [2.75, 3.05) is 17.2 Å². The molecule has 0 spiro atoms. The number of sulfonamides is 1. The second-order valence-corrected chi connectivity index (χ2v) is 7.97. The number of hydrogen-bond donors (Lipinski definition) is 3. The lowest BCUT2D eigenvalue weighted by molar-refractivity contribution is 0.598. The van der Waals surface area contributed by atoms with Crippen LogP contribution in [0.15, 0.2) is 65.7 Å². The molecule has 1 heterocycles. The van der Waals surface area contributed by atoms with Crippen molar-refractivity contribution in [1.82, 2.24) is 9.97 Å². The van der Waals surface area contributed by atoms with Gasteiger partial charge in [0.1, 0.15) is 5.82 Å². The molecular formula is C20H23N5O2S. The average molecular weight is 398 g/mol. The van der Waals surface area contributed by atoms with Crippen molar-refractivity contribution in [2.45, 2.75) is 24.8 Å². The topological polar surface area (TPSA) is 110 Å². The number of aryl methyl sites for hydroxylation is 1. The third kappa shape index (κ3) is 5.51. The Morgan fingerprint density at radius 3 is 2.46 bits per heavy atom. The van der Waals surface area contributed by atoms with Crippen LogP contribution < -0.4 is 15.8 Å². The third-order valence-electron chi connectivity index (χ3n) is 4.33. The van der Waals surface area contributed by atoms with Crippen molar-refractivity contribution >= 4 is 21.8 Å². The number of benzene rings is 2. The predicted octanol–water partition coefficient (Wildman–Crippen LogP) is 2.70. The van der Waals surface area contributed by atoms with Crippen LogP contribution in [0.3, 0.4) is 0 Å². The van der Waals surface area contributed by atoms with Crippen LogP contribution in [-0.2, 0) is 23.0 Å². The summed E-state index contributed by atoms with van der Waals surface area (Å²) in [5.74, 6) is 1.29. The molecule has 0 bridgehead atoms. The van der Waals surface area contributed by atoms with E-state index in [1.54, 1.807) is 18.3 Å². The van der Waals surface area contributed by atoms with Gasteiger partial charge in [-0.1, -0.05) is 36.4 Å². The van der Waals surface area contributed by atoms with Crippen LogP contribution in [0.2, 0.25) is 0 Å². The zero-order valence-corrected chi connectivity index (χ0v) is 16.4. The monoisotopic (exact) mass is 397 g/mol. The maximum Gasteiger partial charge on any atom is 0.238 e. The van der Waals surface area contributed by atoms with Gasteiger partial charge < -0.3 is 10.6 Å². The van der Waals surface area contributed by atoms with Crippen molar-refractivity contribution in [3.05, 3.63) is 77.5 Å². The van der Waals surface area contributed by atoms with E-state index in [2.05, 4.69) is 39.7 Å². The van der Waals surface area contributed by atoms with Gasteiger partial charge in [0, 0.05) is 19.3 Å². The molecule has 146 valence electrons. The first kappa shape index (κ1) is 19.8. The molecule has 0 atom stereocenters. The van der Waals surface area contributed by atoms with Gasteiger partial charge in [-0.15, -0.1) is 0 Å². The minimum absolute atomic E-state index is 0.111. The molecule has 7 nitrogen and oxygen atoms in total. The van der Waals surface area contributed by atoms with Gasteiger partial charge in [-0.25, -0.2) is 18.5 Å². The second kappa shape index (κ2) is 8.81. The Kier molecular flexibility index (Phi) is 6.23. The Labute approximate surface area is 165 Å². The van der Waals surface area contributed by atoms with E-state index in [0.29, 0.717) is 25.5 Å². The van der Waals surface area contributed by atoms with E-state index < -0.39 is 10.0 Å². The van der Waals surface area contributed by atoms with Crippen LogP contribution in [0, 0.1) is 6.92 Å². The summed E-state index contributed by atoms with van der Waals surface area (Å²) in [6.07, 6.45) is 2.41. The van der Waals surface area contributed by atoms with E-state index in [4.69, 9.17) is 5.14 Å². The van der Waals surface area contributed by atoms with Gasteiger partial charge in [0.2, 0.25) is 16.0 Å². The first-order valence-electron chi connectivity index (χ1n) is 8.89. The van der Waals surface area contributed by atoms with Gasteiger partial charge in [-0.05, 0) is 48.2 Å². The Balaban J connectivity index is 1.52. The minimum atomic E-state index is -3.66. The molecule has 2 aromatic carbocycles. The largest absolute Gasteiger partial charge is 0.366 e. The van der Waals surface area contributed by atoms with Crippen LogP contribution in [0.4, 0.5) is 11.8 Å². The molecule has 4 N–H and O–H groups in total. The summed E-state index contributed by atoms with van der Waals surface area (Å²) in [6.45, 7) is 3.40. The lowest BCUT2D eigenvalue weighted by Gasteiger charge is -2.10. The zero-order valence-electron chi connectivity index (χ0n) is 15.6. The van der Waals surface area contributed by atoms with Crippen molar-refractivity contribution in [3.63, 3.8) is 0 Å². The molecular weight excluding hydrogens is 374 g/mol. The number of nitrogens with zero attached hydrogens (tertiary/aromatic N) is 2. The Hall–Kier alpha value is -2.97. The fourth-order valence-corrected chi connectivity index (χ4v) is 3.22. The summed E-state index contributed by atoms with van der Waals surface area (Å²) < 4.78 is 22.6. The highest BCUT2D eigenvalue weighted by atomic mass is 32.2. The van der Waals surface area contributed by atoms with E-state index in [-0.39, 0.29) is 4.90 Å². The van der Waals surface area contributed by atoms with Gasteiger partial charge in [-0.2, -0.15) is 4.98 Å². The smallest absolute Gasteiger partial charge is 0.238 e. The lowest BCUT2D eigenvalue weighted by atomic mass is 10.1. The molecule has 0 fully saturated rings. The van der Waals surface area contributed by atoms with E-state index >= 15 is 0 Å². The molecule has 0 saturated heterocycles. The lowest BCUT2D eigenvalue weighted by Crippen LogP contribution is -2.12. The van der Waals surface area contributed by atoms with Gasteiger partial charge in [0.25, 0.3) is 0 Å². The maximum absolute atomic E-state index is 11.3. The number of rotatable bonds is 8. The number of nitrogens with one attached hydrogen (secondary N) is 2. The summed E-state index contributed by atoms with van der Waals surface area (Å²) in [6, 6.07) is 16.6.